The molecule has 0 spiro atoms. The summed E-state index contributed by atoms with van der Waals surface area (Å²) >= 11 is 3.31. The number of benzene rings is 1. The van der Waals surface area contributed by atoms with E-state index in [1.807, 2.05) is 4.90 Å². The van der Waals surface area contributed by atoms with Gasteiger partial charge in [0.25, 0.3) is 5.69 Å². The molecule has 0 unspecified atom stereocenters. The van der Waals surface area contributed by atoms with Crippen LogP contribution in [-0.4, -0.2) is 45.8 Å². The van der Waals surface area contributed by atoms with Crippen LogP contribution in [0.1, 0.15) is 19.8 Å². The third kappa shape index (κ3) is 5.61. The van der Waals surface area contributed by atoms with Crippen molar-refractivity contribution in [2.24, 2.45) is 5.92 Å². The molecule has 158 valence electrons. The van der Waals surface area contributed by atoms with E-state index in [1.54, 1.807) is 31.3 Å². The third-order valence-electron chi connectivity index (χ3n) is 5.05. The van der Waals surface area contributed by atoms with E-state index in [2.05, 4.69) is 31.5 Å². The molecule has 0 aliphatic carbocycles. The van der Waals surface area contributed by atoms with Gasteiger partial charge in [0.15, 0.2) is 0 Å². The maximum Gasteiger partial charge on any atom is 0.271 e. The van der Waals surface area contributed by atoms with Gasteiger partial charge in [-0.25, -0.2) is 4.98 Å². The van der Waals surface area contributed by atoms with Crippen LogP contribution in [0.15, 0.2) is 47.1 Å². The molecule has 1 aliphatic rings. The highest BCUT2D eigenvalue weighted by molar-refractivity contribution is 9.10. The summed E-state index contributed by atoms with van der Waals surface area (Å²) in [6.45, 7) is 2.92. The van der Waals surface area contributed by atoms with E-state index in [0.29, 0.717) is 24.6 Å². The fourth-order valence-electron chi connectivity index (χ4n) is 3.36. The molecule has 1 fully saturated rings. The molecule has 0 radical (unpaired) electrons. The number of likely N-dealkylation sites (tertiary alicyclic amines) is 1. The molecule has 1 saturated heterocycles. The van der Waals surface area contributed by atoms with Gasteiger partial charge in [-0.05, 0) is 60.4 Å². The summed E-state index contributed by atoms with van der Waals surface area (Å²) in [6.07, 6.45) is 3.14. The number of nitro benzene ring substituents is 1. The van der Waals surface area contributed by atoms with Gasteiger partial charge in [-0.15, -0.1) is 0 Å². The van der Waals surface area contributed by atoms with E-state index in [0.717, 1.165) is 17.3 Å². The molecule has 1 aliphatic heterocycles. The minimum Gasteiger partial charge on any atom is -0.324 e. The number of nitrogens with zero attached hydrogens (tertiary/aromatic N) is 3. The van der Waals surface area contributed by atoms with Crippen molar-refractivity contribution in [3.63, 3.8) is 0 Å². The highest BCUT2D eigenvalue weighted by Gasteiger charge is 2.31. The van der Waals surface area contributed by atoms with E-state index in [1.165, 1.54) is 18.2 Å². The lowest BCUT2D eigenvalue weighted by atomic mass is 9.96. The van der Waals surface area contributed by atoms with Gasteiger partial charge in [-0.1, -0.05) is 6.07 Å². The molecule has 2 aromatic rings. The fraction of sp³-hybridized carbons (Fsp3) is 0.350. The van der Waals surface area contributed by atoms with Crippen molar-refractivity contribution in [1.82, 2.24) is 9.88 Å². The van der Waals surface area contributed by atoms with Crippen LogP contribution >= 0.6 is 15.9 Å². The Kier molecular flexibility index (Phi) is 7.11. The largest absolute Gasteiger partial charge is 0.324 e. The van der Waals surface area contributed by atoms with Crippen LogP contribution in [-0.2, 0) is 9.59 Å². The van der Waals surface area contributed by atoms with Gasteiger partial charge in [-0.3, -0.25) is 24.6 Å². The molecule has 0 bridgehead atoms. The zero-order chi connectivity index (χ0) is 21.7. The second-order valence-corrected chi connectivity index (χ2v) is 8.07. The lowest BCUT2D eigenvalue weighted by Crippen LogP contribution is -2.49. The number of anilines is 2. The molecule has 1 aromatic heterocycles. The molecule has 10 heteroatoms. The van der Waals surface area contributed by atoms with Crippen LogP contribution < -0.4 is 10.6 Å². The molecule has 2 atom stereocenters. The number of hydrogen-bond donors (Lipinski definition) is 2. The zero-order valence-electron chi connectivity index (χ0n) is 16.4. The molecular weight excluding hydrogens is 454 g/mol. The maximum atomic E-state index is 12.7. The Balaban J connectivity index is 1.59. The molecular formula is C20H22BrN5O4. The zero-order valence-corrected chi connectivity index (χ0v) is 18.0. The molecule has 9 nitrogen and oxygen atoms in total. The number of pyridine rings is 1. The number of non-ortho nitro benzene ring substituents is 1. The third-order valence-corrected chi connectivity index (χ3v) is 5.52. The molecule has 3 rings (SSSR count). The summed E-state index contributed by atoms with van der Waals surface area (Å²) in [4.78, 5) is 41.8. The predicted molar refractivity (Wildman–Crippen MR) is 116 cm³/mol. The van der Waals surface area contributed by atoms with Crippen molar-refractivity contribution in [2.45, 2.75) is 25.8 Å². The van der Waals surface area contributed by atoms with E-state index in [9.17, 15) is 19.7 Å². The average molecular weight is 476 g/mol. The lowest BCUT2D eigenvalue weighted by Gasteiger charge is -2.35. The van der Waals surface area contributed by atoms with Gasteiger partial charge in [-0.2, -0.15) is 0 Å². The van der Waals surface area contributed by atoms with Gasteiger partial charge >= 0.3 is 0 Å². The van der Waals surface area contributed by atoms with Crippen LogP contribution in [0.5, 0.6) is 0 Å². The highest BCUT2D eigenvalue weighted by Crippen LogP contribution is 2.22. The van der Waals surface area contributed by atoms with Crippen LogP contribution in [0.25, 0.3) is 0 Å². The number of aromatic nitrogens is 1. The summed E-state index contributed by atoms with van der Waals surface area (Å²) in [5.41, 5.74) is 0.283. The Morgan fingerprint density at radius 3 is 2.80 bits per heavy atom. The van der Waals surface area contributed by atoms with Gasteiger partial charge < -0.3 is 10.6 Å². The number of piperidine rings is 1. The summed E-state index contributed by atoms with van der Waals surface area (Å²) in [5.74, 6) is -0.166. The summed E-state index contributed by atoms with van der Waals surface area (Å²) in [7, 11) is 0. The van der Waals surface area contributed by atoms with Crippen molar-refractivity contribution < 1.29 is 14.5 Å². The van der Waals surface area contributed by atoms with E-state index in [-0.39, 0.29) is 23.4 Å². The van der Waals surface area contributed by atoms with Gasteiger partial charge in [0.05, 0.1) is 16.9 Å². The standard InChI is InChI=1S/C20H22BrN5O4/c1-13(19(27)23-16-5-2-6-17(10-16)26(29)30)25-9-3-4-14(12-25)20(28)24-18-8-7-15(21)11-22-18/h2,5-8,10-11,13-14H,3-4,9,12H2,1H3,(H,23,27)(H,22,24,28)/t13-,14+/m0/s1. The van der Waals surface area contributed by atoms with E-state index in [4.69, 9.17) is 0 Å². The second-order valence-electron chi connectivity index (χ2n) is 7.16. The number of halogens is 1. The first kappa shape index (κ1) is 21.8. The number of nitro groups is 1. The van der Waals surface area contributed by atoms with Crippen molar-refractivity contribution in [2.75, 3.05) is 23.7 Å². The second kappa shape index (κ2) is 9.77. The minimum absolute atomic E-state index is 0.0864. The summed E-state index contributed by atoms with van der Waals surface area (Å²) in [6, 6.07) is 8.86. The van der Waals surface area contributed by atoms with Crippen LogP contribution in [0, 0.1) is 16.0 Å². The number of hydrogen-bond acceptors (Lipinski definition) is 6. The van der Waals surface area contributed by atoms with E-state index >= 15 is 0 Å². The Hall–Kier alpha value is -2.85. The Bertz CT molecular complexity index is 937. The first-order valence-electron chi connectivity index (χ1n) is 9.55. The Labute approximate surface area is 182 Å². The summed E-state index contributed by atoms with van der Waals surface area (Å²) in [5, 5.41) is 16.5. The fourth-order valence-corrected chi connectivity index (χ4v) is 3.59. The molecule has 2 amide bonds. The Morgan fingerprint density at radius 1 is 1.30 bits per heavy atom. The van der Waals surface area contributed by atoms with Gasteiger partial charge in [0, 0.05) is 35.0 Å². The van der Waals surface area contributed by atoms with Crippen LogP contribution in [0.4, 0.5) is 17.2 Å². The topological polar surface area (TPSA) is 117 Å². The Morgan fingerprint density at radius 2 is 2.10 bits per heavy atom. The maximum absolute atomic E-state index is 12.7. The van der Waals surface area contributed by atoms with Crippen molar-refractivity contribution in [1.29, 1.82) is 0 Å². The van der Waals surface area contributed by atoms with Gasteiger partial charge in [0.2, 0.25) is 11.8 Å². The highest BCUT2D eigenvalue weighted by atomic mass is 79.9. The number of nitrogens with one attached hydrogen (secondary N) is 2. The van der Waals surface area contributed by atoms with Crippen LogP contribution in [0.2, 0.25) is 0 Å². The van der Waals surface area contributed by atoms with Crippen molar-refractivity contribution in [3.05, 3.63) is 57.2 Å². The SMILES string of the molecule is C[C@@H](C(=O)Nc1cccc([N+](=O)[O-])c1)N1CCC[C@@H](C(=O)Nc2ccc(Br)cn2)C1. The number of carbonyl (C=O) groups is 2. The van der Waals surface area contributed by atoms with Crippen molar-refractivity contribution >= 4 is 44.9 Å². The lowest BCUT2D eigenvalue weighted by molar-refractivity contribution is -0.384. The average Bonchev–Trinajstić information content (AvgIpc) is 2.75. The molecule has 2 heterocycles. The van der Waals surface area contributed by atoms with Crippen LogP contribution in [0.3, 0.4) is 0 Å². The van der Waals surface area contributed by atoms with Gasteiger partial charge in [0.1, 0.15) is 5.82 Å². The monoisotopic (exact) mass is 475 g/mol. The number of amides is 2. The quantitative estimate of drug-likeness (QED) is 0.487. The van der Waals surface area contributed by atoms with E-state index < -0.39 is 11.0 Å². The smallest absolute Gasteiger partial charge is 0.271 e. The number of carbonyl (C=O) groups excluding carboxylic acids is 2. The number of rotatable bonds is 6. The normalized spacial score (nSPS) is 17.7. The molecule has 30 heavy (non-hydrogen) atoms. The minimum atomic E-state index is -0.507. The van der Waals surface area contributed by atoms with Crippen molar-refractivity contribution in [3.8, 4) is 0 Å². The first-order chi connectivity index (χ1) is 14.3. The summed E-state index contributed by atoms with van der Waals surface area (Å²) < 4.78 is 0.827. The predicted octanol–water partition coefficient (Wildman–Crippen LogP) is 3.43. The molecule has 1 aromatic carbocycles. The first-order valence-corrected chi connectivity index (χ1v) is 10.3. The molecule has 2 N–H and O–H groups in total. The molecule has 0 saturated carbocycles.